The molecule has 1 aliphatic heterocycles. The van der Waals surface area contributed by atoms with Gasteiger partial charge in [0.05, 0.1) is 12.5 Å². The maximum atomic E-state index is 11.7. The summed E-state index contributed by atoms with van der Waals surface area (Å²) in [6.45, 7) is 1.96. The lowest BCUT2D eigenvalue weighted by molar-refractivity contribution is -0.137. The van der Waals surface area contributed by atoms with Gasteiger partial charge in [-0.1, -0.05) is 0 Å². The topological polar surface area (TPSA) is 62.3 Å². The van der Waals surface area contributed by atoms with E-state index in [1.807, 2.05) is 19.1 Å². The van der Waals surface area contributed by atoms with Crippen LogP contribution in [0.5, 0.6) is 0 Å². The van der Waals surface area contributed by atoms with Crippen LogP contribution in [-0.4, -0.2) is 34.8 Å². The van der Waals surface area contributed by atoms with E-state index in [9.17, 15) is 9.59 Å². The number of carbonyl (C=O) groups is 2. The van der Waals surface area contributed by atoms with E-state index in [4.69, 9.17) is 0 Å². The molecule has 1 fully saturated rings. The summed E-state index contributed by atoms with van der Waals surface area (Å²) in [6, 6.07) is 3.40. The molecule has 5 nitrogen and oxygen atoms in total. The second kappa shape index (κ2) is 4.63. The average Bonchev–Trinajstić information content (AvgIpc) is 2.58. The molecule has 17 heavy (non-hydrogen) atoms. The first-order valence-corrected chi connectivity index (χ1v) is 5.56. The molecule has 0 bridgehead atoms. The van der Waals surface area contributed by atoms with Crippen molar-refractivity contribution in [1.29, 1.82) is 0 Å². The molecule has 2 rings (SSSR count). The molecule has 0 aliphatic carbocycles. The van der Waals surface area contributed by atoms with E-state index in [0.29, 0.717) is 0 Å². The smallest absolute Gasteiger partial charge is 0.246 e. The fraction of sp³-hybridized carbons (Fsp3) is 0.417. The highest BCUT2D eigenvalue weighted by Gasteiger charge is 2.36. The van der Waals surface area contributed by atoms with Crippen molar-refractivity contribution in [3.05, 3.63) is 30.1 Å². The Morgan fingerprint density at radius 1 is 1.41 bits per heavy atom. The number of carbonyl (C=O) groups excluding carboxylic acids is 2. The van der Waals surface area contributed by atoms with Crippen molar-refractivity contribution in [1.82, 2.24) is 15.2 Å². The molecule has 0 spiro atoms. The first-order valence-electron chi connectivity index (χ1n) is 5.56. The van der Waals surface area contributed by atoms with Gasteiger partial charge in [-0.2, -0.15) is 0 Å². The van der Waals surface area contributed by atoms with E-state index in [0.717, 1.165) is 5.56 Å². The number of aromatic nitrogens is 1. The number of nitrogens with one attached hydrogen (secondary N) is 1. The maximum Gasteiger partial charge on any atom is 0.246 e. The molecule has 0 saturated carbocycles. The Labute approximate surface area is 99.8 Å². The largest absolute Gasteiger partial charge is 0.299 e. The molecule has 1 N–H and O–H groups in total. The fourth-order valence-electron chi connectivity index (χ4n) is 1.94. The van der Waals surface area contributed by atoms with Gasteiger partial charge in [0.25, 0.3) is 0 Å². The average molecular weight is 233 g/mol. The van der Waals surface area contributed by atoms with Gasteiger partial charge in [-0.05, 0) is 24.6 Å². The van der Waals surface area contributed by atoms with Gasteiger partial charge >= 0.3 is 0 Å². The minimum absolute atomic E-state index is 0.0197. The van der Waals surface area contributed by atoms with Crippen LogP contribution in [0.3, 0.4) is 0 Å². The Morgan fingerprint density at radius 3 is 2.59 bits per heavy atom. The molecule has 1 aromatic rings. The fourth-order valence-corrected chi connectivity index (χ4v) is 1.94. The van der Waals surface area contributed by atoms with E-state index in [2.05, 4.69) is 10.3 Å². The van der Waals surface area contributed by atoms with Crippen LogP contribution in [0.4, 0.5) is 0 Å². The van der Waals surface area contributed by atoms with Gasteiger partial charge in [0.1, 0.15) is 0 Å². The molecular weight excluding hydrogens is 218 g/mol. The molecule has 1 unspecified atom stereocenters. The van der Waals surface area contributed by atoms with Crippen LogP contribution < -0.4 is 5.32 Å². The molecule has 2 amide bonds. The molecule has 1 aliphatic rings. The van der Waals surface area contributed by atoms with E-state index >= 15 is 0 Å². The van der Waals surface area contributed by atoms with Crippen molar-refractivity contribution in [2.75, 3.05) is 7.05 Å². The Hall–Kier alpha value is -1.75. The van der Waals surface area contributed by atoms with Crippen molar-refractivity contribution >= 4 is 11.8 Å². The molecule has 5 heteroatoms. The van der Waals surface area contributed by atoms with E-state index in [1.165, 1.54) is 11.9 Å². The first kappa shape index (κ1) is 11.7. The number of likely N-dealkylation sites (tertiary alicyclic amines) is 1. The van der Waals surface area contributed by atoms with Gasteiger partial charge in [-0.25, -0.2) is 0 Å². The van der Waals surface area contributed by atoms with E-state index < -0.39 is 6.04 Å². The second-order valence-corrected chi connectivity index (χ2v) is 4.22. The summed E-state index contributed by atoms with van der Waals surface area (Å²) in [5.74, 6) is -0.287. The highest BCUT2D eigenvalue weighted by Crippen LogP contribution is 2.17. The summed E-state index contributed by atoms with van der Waals surface area (Å²) in [5.41, 5.74) is 1.05. The van der Waals surface area contributed by atoms with E-state index in [1.54, 1.807) is 12.4 Å². The third kappa shape index (κ3) is 2.34. The van der Waals surface area contributed by atoms with E-state index in [-0.39, 0.29) is 24.3 Å². The number of rotatable bonds is 3. The zero-order valence-corrected chi connectivity index (χ0v) is 9.88. The summed E-state index contributed by atoms with van der Waals surface area (Å²) in [7, 11) is 1.52. The number of nitrogens with zero attached hydrogens (tertiary/aromatic N) is 2. The highest BCUT2D eigenvalue weighted by atomic mass is 16.2. The number of imide groups is 1. The third-order valence-electron chi connectivity index (χ3n) is 3.04. The van der Waals surface area contributed by atoms with Crippen LogP contribution >= 0.6 is 0 Å². The van der Waals surface area contributed by atoms with Gasteiger partial charge in [-0.15, -0.1) is 0 Å². The lowest BCUT2D eigenvalue weighted by Crippen LogP contribution is -2.38. The first-order chi connectivity index (χ1) is 8.09. The molecule has 0 aromatic carbocycles. The van der Waals surface area contributed by atoms with Crippen molar-refractivity contribution in [3.8, 4) is 0 Å². The predicted octanol–water partition coefficient (Wildman–Crippen LogP) is 0.489. The van der Waals surface area contributed by atoms with Gasteiger partial charge in [0.15, 0.2) is 0 Å². The van der Waals surface area contributed by atoms with Crippen LogP contribution in [0.1, 0.15) is 24.9 Å². The standard InChI is InChI=1S/C12H15N3O2/c1-8(9-3-5-13-6-4-9)14-10-7-11(16)15(2)12(10)17/h3-6,8,10,14H,7H2,1-2H3/t8-,10?/m0/s1. The molecule has 90 valence electrons. The minimum Gasteiger partial charge on any atom is -0.299 e. The number of hydrogen-bond donors (Lipinski definition) is 1. The van der Waals surface area contributed by atoms with Crippen LogP contribution in [0.2, 0.25) is 0 Å². The molecular formula is C12H15N3O2. The van der Waals surface area contributed by atoms with Crippen molar-refractivity contribution in [3.63, 3.8) is 0 Å². The summed E-state index contributed by atoms with van der Waals surface area (Å²) >= 11 is 0. The summed E-state index contributed by atoms with van der Waals surface area (Å²) in [5, 5.41) is 3.17. The Balaban J connectivity index is 2.03. The van der Waals surface area contributed by atoms with Crippen LogP contribution in [0, 0.1) is 0 Å². The summed E-state index contributed by atoms with van der Waals surface area (Å²) in [4.78, 5) is 28.2. The molecule has 2 atom stereocenters. The lowest BCUT2D eigenvalue weighted by Gasteiger charge is -2.17. The number of likely N-dealkylation sites (N-methyl/N-ethyl adjacent to an activating group) is 1. The van der Waals surface area contributed by atoms with Crippen LogP contribution in [-0.2, 0) is 9.59 Å². The SMILES string of the molecule is C[C@H](NC1CC(=O)N(C)C1=O)c1ccncc1. The van der Waals surface area contributed by atoms with Crippen molar-refractivity contribution < 1.29 is 9.59 Å². The van der Waals surface area contributed by atoms with Gasteiger partial charge in [-0.3, -0.25) is 24.8 Å². The zero-order chi connectivity index (χ0) is 12.4. The molecule has 1 saturated heterocycles. The highest BCUT2D eigenvalue weighted by molar-refractivity contribution is 6.05. The zero-order valence-electron chi connectivity index (χ0n) is 9.88. The van der Waals surface area contributed by atoms with Crippen LogP contribution in [0.25, 0.3) is 0 Å². The number of hydrogen-bond acceptors (Lipinski definition) is 4. The minimum atomic E-state index is -0.407. The second-order valence-electron chi connectivity index (χ2n) is 4.22. The van der Waals surface area contributed by atoms with Crippen molar-refractivity contribution in [2.24, 2.45) is 0 Å². The summed E-state index contributed by atoms with van der Waals surface area (Å²) in [6.07, 6.45) is 3.66. The Bertz CT molecular complexity index is 433. The lowest BCUT2D eigenvalue weighted by atomic mass is 10.1. The van der Waals surface area contributed by atoms with Gasteiger partial charge in [0, 0.05) is 25.5 Å². The number of pyridine rings is 1. The molecule has 1 aromatic heterocycles. The third-order valence-corrected chi connectivity index (χ3v) is 3.04. The van der Waals surface area contributed by atoms with Crippen LogP contribution in [0.15, 0.2) is 24.5 Å². The summed E-state index contributed by atoms with van der Waals surface area (Å²) < 4.78 is 0. The molecule has 0 radical (unpaired) electrons. The molecule has 2 heterocycles. The predicted molar refractivity (Wildman–Crippen MR) is 62.0 cm³/mol. The van der Waals surface area contributed by atoms with Crippen molar-refractivity contribution in [2.45, 2.75) is 25.4 Å². The monoisotopic (exact) mass is 233 g/mol. The maximum absolute atomic E-state index is 11.7. The normalized spacial score (nSPS) is 22.0. The Kier molecular flexibility index (Phi) is 3.19. The Morgan fingerprint density at radius 2 is 2.06 bits per heavy atom. The number of amides is 2. The van der Waals surface area contributed by atoms with Gasteiger partial charge in [0.2, 0.25) is 11.8 Å². The quantitative estimate of drug-likeness (QED) is 0.772. The van der Waals surface area contributed by atoms with Gasteiger partial charge < -0.3 is 0 Å².